The van der Waals surface area contributed by atoms with Crippen LogP contribution in [-0.4, -0.2) is 32.4 Å². The highest BCUT2D eigenvalue weighted by molar-refractivity contribution is 7.92. The molecule has 10 heteroatoms. The highest BCUT2D eigenvalue weighted by atomic mass is 32.2. The topological polar surface area (TPSA) is 119 Å². The molecule has 0 saturated carbocycles. The molecule has 0 saturated heterocycles. The number of fused-ring (bicyclic) bond motifs is 1. The van der Waals surface area contributed by atoms with Gasteiger partial charge in [0.2, 0.25) is 0 Å². The minimum atomic E-state index is -4.19. The van der Waals surface area contributed by atoms with Gasteiger partial charge in [0.25, 0.3) is 21.6 Å². The van der Waals surface area contributed by atoms with Crippen LogP contribution in [0.2, 0.25) is 0 Å². The van der Waals surface area contributed by atoms with Crippen LogP contribution < -0.4 is 14.4 Å². The Morgan fingerprint density at radius 1 is 1.26 bits per heavy atom. The standard InChI is InChI=1S/C17H17N3O6S/c1-2-9-19-14-10-12(7-8-15(14)26-11-17(19)21)18-27(24,25)16-6-4-3-5-13(16)20(22)23/h3-8,10,18H,2,9,11H2,1H3. The summed E-state index contributed by atoms with van der Waals surface area (Å²) in [4.78, 5) is 23.5. The fourth-order valence-corrected chi connectivity index (χ4v) is 4.00. The van der Waals surface area contributed by atoms with Crippen LogP contribution in [0.25, 0.3) is 0 Å². The third-order valence-corrected chi connectivity index (χ3v) is 5.38. The molecule has 1 amide bonds. The van der Waals surface area contributed by atoms with Crippen molar-refractivity contribution in [2.24, 2.45) is 0 Å². The van der Waals surface area contributed by atoms with Gasteiger partial charge < -0.3 is 9.64 Å². The zero-order valence-corrected chi connectivity index (χ0v) is 15.2. The molecular formula is C17H17N3O6S. The van der Waals surface area contributed by atoms with Crippen molar-refractivity contribution in [3.05, 3.63) is 52.6 Å². The molecule has 0 bridgehead atoms. The van der Waals surface area contributed by atoms with E-state index in [1.807, 2.05) is 6.92 Å². The maximum Gasteiger partial charge on any atom is 0.289 e. The minimum absolute atomic E-state index is 0.0751. The number of nitro groups is 1. The molecule has 0 spiro atoms. The molecule has 0 aliphatic carbocycles. The summed E-state index contributed by atoms with van der Waals surface area (Å²) in [6.07, 6.45) is 0.720. The highest BCUT2D eigenvalue weighted by Crippen LogP contribution is 2.35. The Bertz CT molecular complexity index is 1010. The number of sulfonamides is 1. The van der Waals surface area contributed by atoms with Crippen LogP contribution in [0, 0.1) is 10.1 Å². The first-order valence-electron chi connectivity index (χ1n) is 8.17. The zero-order valence-electron chi connectivity index (χ0n) is 14.4. The Hall–Kier alpha value is -3.14. The van der Waals surface area contributed by atoms with E-state index in [1.54, 1.807) is 6.07 Å². The van der Waals surface area contributed by atoms with Crippen LogP contribution >= 0.6 is 0 Å². The van der Waals surface area contributed by atoms with Crippen LogP contribution in [0.15, 0.2) is 47.4 Å². The minimum Gasteiger partial charge on any atom is -0.482 e. The van der Waals surface area contributed by atoms with Crippen LogP contribution in [0.4, 0.5) is 17.1 Å². The SMILES string of the molecule is CCCN1C(=O)COc2ccc(NS(=O)(=O)c3ccccc3[N+](=O)[O-])cc21. The Morgan fingerprint density at radius 2 is 2.00 bits per heavy atom. The van der Waals surface area contributed by atoms with Gasteiger partial charge >= 0.3 is 0 Å². The Morgan fingerprint density at radius 3 is 2.70 bits per heavy atom. The Kier molecular flexibility index (Phi) is 5.00. The van der Waals surface area contributed by atoms with Crippen LogP contribution in [0.1, 0.15) is 13.3 Å². The number of hydrogen-bond donors (Lipinski definition) is 1. The molecule has 142 valence electrons. The number of para-hydroxylation sites is 1. The summed E-state index contributed by atoms with van der Waals surface area (Å²) in [5.41, 5.74) is 0.108. The first-order valence-corrected chi connectivity index (χ1v) is 9.65. The molecule has 1 aliphatic heterocycles. The molecule has 27 heavy (non-hydrogen) atoms. The van der Waals surface area contributed by atoms with Gasteiger partial charge in [0.1, 0.15) is 5.75 Å². The predicted octanol–water partition coefficient (Wildman–Crippen LogP) is 2.53. The largest absolute Gasteiger partial charge is 0.482 e. The van der Waals surface area contributed by atoms with Gasteiger partial charge in [-0.3, -0.25) is 19.6 Å². The number of nitrogens with zero attached hydrogens (tertiary/aromatic N) is 2. The number of hydrogen-bond acceptors (Lipinski definition) is 6. The fourth-order valence-electron chi connectivity index (χ4n) is 2.78. The zero-order chi connectivity index (χ0) is 19.6. The van der Waals surface area contributed by atoms with Crippen molar-refractivity contribution in [3.63, 3.8) is 0 Å². The lowest BCUT2D eigenvalue weighted by Crippen LogP contribution is -2.39. The number of carbonyl (C=O) groups is 1. The number of anilines is 2. The molecule has 0 fully saturated rings. The lowest BCUT2D eigenvalue weighted by atomic mass is 10.2. The number of amides is 1. The quantitative estimate of drug-likeness (QED) is 0.597. The molecule has 2 aromatic rings. The molecule has 9 nitrogen and oxygen atoms in total. The molecule has 0 atom stereocenters. The van der Waals surface area contributed by atoms with Crippen molar-refractivity contribution in [2.75, 3.05) is 22.8 Å². The van der Waals surface area contributed by atoms with E-state index in [0.29, 0.717) is 18.0 Å². The summed E-state index contributed by atoms with van der Waals surface area (Å²) < 4.78 is 33.0. The molecule has 3 rings (SSSR count). The van der Waals surface area contributed by atoms with E-state index < -0.39 is 25.5 Å². The summed E-state index contributed by atoms with van der Waals surface area (Å²) in [6, 6.07) is 9.60. The number of nitro benzene ring substituents is 1. The monoisotopic (exact) mass is 391 g/mol. The average Bonchev–Trinajstić information content (AvgIpc) is 2.64. The van der Waals surface area contributed by atoms with Crippen LogP contribution in [-0.2, 0) is 14.8 Å². The summed E-state index contributed by atoms with van der Waals surface area (Å²) >= 11 is 0. The van der Waals surface area contributed by atoms with Gasteiger partial charge in [-0.25, -0.2) is 8.42 Å². The average molecular weight is 391 g/mol. The van der Waals surface area contributed by atoms with Crippen molar-refractivity contribution >= 4 is 33.0 Å². The summed E-state index contributed by atoms with van der Waals surface area (Å²) in [7, 11) is -4.19. The van der Waals surface area contributed by atoms with Crippen molar-refractivity contribution in [1.29, 1.82) is 0 Å². The fraction of sp³-hybridized carbons (Fsp3) is 0.235. The number of nitrogens with one attached hydrogen (secondary N) is 1. The van der Waals surface area contributed by atoms with Crippen molar-refractivity contribution in [2.45, 2.75) is 18.2 Å². The van der Waals surface area contributed by atoms with Crippen molar-refractivity contribution < 1.29 is 22.9 Å². The van der Waals surface area contributed by atoms with E-state index >= 15 is 0 Å². The van der Waals surface area contributed by atoms with Crippen molar-refractivity contribution in [3.8, 4) is 5.75 Å². The Balaban J connectivity index is 1.97. The van der Waals surface area contributed by atoms with Gasteiger partial charge in [-0.2, -0.15) is 0 Å². The highest BCUT2D eigenvalue weighted by Gasteiger charge is 2.28. The summed E-state index contributed by atoms with van der Waals surface area (Å²) in [5.74, 6) is 0.250. The van der Waals surface area contributed by atoms with E-state index in [-0.39, 0.29) is 18.2 Å². The van der Waals surface area contributed by atoms with Crippen LogP contribution in [0.5, 0.6) is 5.75 Å². The van der Waals surface area contributed by atoms with Gasteiger partial charge in [-0.1, -0.05) is 19.1 Å². The van der Waals surface area contributed by atoms with E-state index in [9.17, 15) is 23.3 Å². The Labute approximate surface area is 155 Å². The molecule has 0 radical (unpaired) electrons. The van der Waals surface area contributed by atoms with Gasteiger partial charge in [0, 0.05) is 12.6 Å². The van der Waals surface area contributed by atoms with Gasteiger partial charge in [0.05, 0.1) is 16.3 Å². The maximum absolute atomic E-state index is 12.6. The lowest BCUT2D eigenvalue weighted by molar-refractivity contribution is -0.387. The number of rotatable bonds is 6. The van der Waals surface area contributed by atoms with Crippen molar-refractivity contribution in [1.82, 2.24) is 0 Å². The van der Waals surface area contributed by atoms with Gasteiger partial charge in [0.15, 0.2) is 11.5 Å². The van der Waals surface area contributed by atoms with E-state index in [2.05, 4.69) is 4.72 Å². The third kappa shape index (κ3) is 3.70. The second-order valence-corrected chi connectivity index (χ2v) is 7.50. The summed E-state index contributed by atoms with van der Waals surface area (Å²) in [6.45, 7) is 2.31. The molecule has 1 aliphatic rings. The smallest absolute Gasteiger partial charge is 0.289 e. The molecule has 1 N–H and O–H groups in total. The maximum atomic E-state index is 12.6. The van der Waals surface area contributed by atoms with E-state index in [0.717, 1.165) is 18.6 Å². The third-order valence-electron chi connectivity index (χ3n) is 3.95. The first kappa shape index (κ1) is 18.6. The predicted molar refractivity (Wildman–Crippen MR) is 98.5 cm³/mol. The van der Waals surface area contributed by atoms with Crippen LogP contribution in [0.3, 0.4) is 0 Å². The number of carbonyl (C=O) groups excluding carboxylic acids is 1. The molecule has 1 heterocycles. The normalized spacial score (nSPS) is 13.7. The molecule has 0 unspecified atom stereocenters. The first-order chi connectivity index (χ1) is 12.8. The van der Waals surface area contributed by atoms with E-state index in [4.69, 9.17) is 4.74 Å². The van der Waals surface area contributed by atoms with Gasteiger partial charge in [-0.15, -0.1) is 0 Å². The second-order valence-electron chi connectivity index (χ2n) is 5.85. The lowest BCUT2D eigenvalue weighted by Gasteiger charge is -2.29. The van der Waals surface area contributed by atoms with E-state index in [1.165, 1.54) is 29.2 Å². The molecule has 0 aromatic heterocycles. The number of ether oxygens (including phenoxy) is 1. The number of benzene rings is 2. The molecular weight excluding hydrogens is 374 g/mol. The summed E-state index contributed by atoms with van der Waals surface area (Å²) in [5, 5.41) is 11.1. The molecule has 2 aromatic carbocycles. The van der Waals surface area contributed by atoms with Gasteiger partial charge in [-0.05, 0) is 30.7 Å². The second kappa shape index (κ2) is 7.23.